The SMILES string of the molecule is Cc1nc(C2CN(C(=O)/C=C/c3cnc4c(c3)CCC(=O)N4)C2)no1.Cl.O=C(O)/C=C/c1cnc2c(c1)CCC(=O)N2. The molecule has 218 valence electrons. The first-order chi connectivity index (χ1) is 19.7. The van der Waals surface area contributed by atoms with E-state index in [2.05, 4.69) is 30.7 Å². The summed E-state index contributed by atoms with van der Waals surface area (Å²) in [5.74, 6) is 1.43. The summed E-state index contributed by atoms with van der Waals surface area (Å²) in [4.78, 5) is 59.2. The fourth-order valence-corrected chi connectivity index (χ4v) is 4.47. The monoisotopic (exact) mass is 593 g/mol. The van der Waals surface area contributed by atoms with Crippen molar-refractivity contribution in [3.05, 3.63) is 70.6 Å². The Labute approximate surface area is 246 Å². The molecular formula is C28H28ClN7O6. The van der Waals surface area contributed by atoms with Crippen molar-refractivity contribution in [1.29, 1.82) is 0 Å². The predicted octanol–water partition coefficient (Wildman–Crippen LogP) is 2.78. The second-order valence-corrected chi connectivity index (χ2v) is 9.77. The number of amides is 3. The molecule has 13 nitrogen and oxygen atoms in total. The minimum atomic E-state index is -0.994. The quantitative estimate of drug-likeness (QED) is 0.372. The maximum Gasteiger partial charge on any atom is 0.328 e. The fraction of sp³-hybridized carbons (Fsp3) is 0.286. The Hall–Kier alpha value is -4.91. The molecule has 14 heteroatoms. The van der Waals surface area contributed by atoms with E-state index in [9.17, 15) is 19.2 Å². The molecule has 0 saturated carbocycles. The minimum absolute atomic E-state index is 0. The largest absolute Gasteiger partial charge is 0.478 e. The summed E-state index contributed by atoms with van der Waals surface area (Å²) >= 11 is 0. The van der Waals surface area contributed by atoms with Crippen molar-refractivity contribution < 1.29 is 28.8 Å². The molecule has 3 N–H and O–H groups in total. The lowest BCUT2D eigenvalue weighted by atomic mass is 9.99. The van der Waals surface area contributed by atoms with Gasteiger partial charge in [0.05, 0.1) is 5.92 Å². The number of likely N-dealkylation sites (tertiary alicyclic amines) is 1. The van der Waals surface area contributed by atoms with E-state index < -0.39 is 5.97 Å². The van der Waals surface area contributed by atoms with Crippen molar-refractivity contribution >= 4 is 59.9 Å². The Morgan fingerprint density at radius 3 is 1.98 bits per heavy atom. The standard InChI is InChI=1S/C17H17N5O3.C11H10N2O3.ClH/c1-10-19-17(21-25-10)13-8-22(9-13)15(24)5-2-11-6-12-3-4-14(23)20-16(12)18-7-11;14-9-3-2-8-5-7(1-4-10(15)16)6-12-11(8)13-9;/h2,5-7,13H,3-4,8-9H2,1H3,(H,18,20,23);1,4-6H,2-3H2,(H,15,16)(H,12,13,14);1H/b5-2+;4-1+;. The Bertz CT molecular complexity index is 1580. The third-order valence-electron chi connectivity index (χ3n) is 6.67. The molecule has 0 bridgehead atoms. The number of halogens is 1. The summed E-state index contributed by atoms with van der Waals surface area (Å²) in [5, 5.41) is 17.8. The molecule has 0 radical (unpaired) electrons. The number of aryl methyl sites for hydroxylation is 3. The smallest absolute Gasteiger partial charge is 0.328 e. The van der Waals surface area contributed by atoms with Gasteiger partial charge in [0.2, 0.25) is 23.6 Å². The average molecular weight is 594 g/mol. The fourth-order valence-electron chi connectivity index (χ4n) is 4.47. The van der Waals surface area contributed by atoms with Crippen molar-refractivity contribution in [2.45, 2.75) is 38.5 Å². The van der Waals surface area contributed by atoms with Gasteiger partial charge in [-0.25, -0.2) is 14.8 Å². The number of hydrogen-bond donors (Lipinski definition) is 3. The average Bonchev–Trinajstić information content (AvgIpc) is 3.35. The number of anilines is 2. The number of carbonyl (C=O) groups is 4. The number of carbonyl (C=O) groups excluding carboxylic acids is 3. The molecule has 1 saturated heterocycles. The first-order valence-corrected chi connectivity index (χ1v) is 13.0. The number of nitrogens with zero attached hydrogens (tertiary/aromatic N) is 5. The van der Waals surface area contributed by atoms with Crippen molar-refractivity contribution in [2.24, 2.45) is 0 Å². The summed E-state index contributed by atoms with van der Waals surface area (Å²) in [6.45, 7) is 2.94. The molecule has 0 spiro atoms. The van der Waals surface area contributed by atoms with Crippen LogP contribution in [-0.2, 0) is 32.0 Å². The van der Waals surface area contributed by atoms with Crippen molar-refractivity contribution in [2.75, 3.05) is 23.7 Å². The maximum atomic E-state index is 12.2. The van der Waals surface area contributed by atoms with E-state index in [0.29, 0.717) is 62.1 Å². The summed E-state index contributed by atoms with van der Waals surface area (Å²) in [6, 6.07) is 3.79. The predicted molar refractivity (Wildman–Crippen MR) is 154 cm³/mol. The number of hydrogen-bond acceptors (Lipinski definition) is 9. The van der Waals surface area contributed by atoms with Crippen LogP contribution in [0.15, 0.2) is 41.2 Å². The molecule has 6 heterocycles. The highest BCUT2D eigenvalue weighted by atomic mass is 35.5. The summed E-state index contributed by atoms with van der Waals surface area (Å²) in [5.41, 5.74) is 3.49. The Kier molecular flexibility index (Phi) is 9.42. The summed E-state index contributed by atoms with van der Waals surface area (Å²) < 4.78 is 4.96. The van der Waals surface area contributed by atoms with E-state index >= 15 is 0 Å². The highest BCUT2D eigenvalue weighted by molar-refractivity contribution is 5.94. The van der Waals surface area contributed by atoms with Crippen LogP contribution in [0, 0.1) is 6.92 Å². The lowest BCUT2D eigenvalue weighted by molar-refractivity contribution is -0.131. The number of rotatable bonds is 5. The van der Waals surface area contributed by atoms with Gasteiger partial charge in [0.1, 0.15) is 11.6 Å². The van der Waals surface area contributed by atoms with Crippen LogP contribution < -0.4 is 10.6 Å². The molecule has 3 aliphatic rings. The molecular weight excluding hydrogens is 566 g/mol. The van der Waals surface area contributed by atoms with Crippen molar-refractivity contribution in [3.8, 4) is 0 Å². The van der Waals surface area contributed by atoms with Gasteiger partial charge in [-0.2, -0.15) is 4.98 Å². The van der Waals surface area contributed by atoms with E-state index in [0.717, 1.165) is 28.3 Å². The van der Waals surface area contributed by atoms with Gasteiger partial charge in [-0.05, 0) is 59.4 Å². The van der Waals surface area contributed by atoms with Gasteiger partial charge in [0.15, 0.2) is 5.82 Å². The molecule has 6 rings (SSSR count). The van der Waals surface area contributed by atoms with Crippen LogP contribution in [0.1, 0.15) is 52.7 Å². The highest BCUT2D eigenvalue weighted by Crippen LogP contribution is 2.26. The van der Waals surface area contributed by atoms with Crippen LogP contribution in [0.2, 0.25) is 0 Å². The van der Waals surface area contributed by atoms with Crippen LogP contribution in [0.4, 0.5) is 11.6 Å². The van der Waals surface area contributed by atoms with Crippen LogP contribution in [0.3, 0.4) is 0 Å². The van der Waals surface area contributed by atoms with Crippen LogP contribution >= 0.6 is 12.4 Å². The van der Waals surface area contributed by atoms with Gasteiger partial charge >= 0.3 is 5.97 Å². The van der Waals surface area contributed by atoms with E-state index in [1.165, 1.54) is 12.3 Å². The zero-order valence-corrected chi connectivity index (χ0v) is 23.4. The van der Waals surface area contributed by atoms with E-state index in [1.54, 1.807) is 30.2 Å². The van der Waals surface area contributed by atoms with Gasteiger partial charge in [0.25, 0.3) is 0 Å². The Morgan fingerprint density at radius 1 is 0.929 bits per heavy atom. The number of nitrogens with one attached hydrogen (secondary N) is 2. The molecule has 0 unspecified atom stereocenters. The second-order valence-electron chi connectivity index (χ2n) is 9.77. The van der Waals surface area contributed by atoms with Crippen LogP contribution in [0.25, 0.3) is 12.2 Å². The van der Waals surface area contributed by atoms with E-state index in [1.807, 2.05) is 12.1 Å². The molecule has 0 aromatic carbocycles. The Morgan fingerprint density at radius 2 is 1.48 bits per heavy atom. The lowest BCUT2D eigenvalue weighted by Crippen LogP contribution is -2.48. The van der Waals surface area contributed by atoms with Gasteiger partial charge in [-0.1, -0.05) is 5.16 Å². The molecule has 3 aromatic rings. The number of fused-ring (bicyclic) bond motifs is 2. The maximum absolute atomic E-state index is 12.2. The molecule has 42 heavy (non-hydrogen) atoms. The number of carboxylic acids is 1. The molecule has 3 aromatic heterocycles. The minimum Gasteiger partial charge on any atom is -0.478 e. The summed E-state index contributed by atoms with van der Waals surface area (Å²) in [6.07, 6.45) is 11.2. The van der Waals surface area contributed by atoms with Gasteiger partial charge in [0, 0.05) is 57.4 Å². The zero-order valence-electron chi connectivity index (χ0n) is 22.6. The third kappa shape index (κ3) is 7.43. The Balaban J connectivity index is 0.000000207. The van der Waals surface area contributed by atoms with Crippen molar-refractivity contribution in [1.82, 2.24) is 25.0 Å². The topological polar surface area (TPSA) is 181 Å². The number of aliphatic carboxylic acids is 1. The molecule has 3 amide bonds. The summed E-state index contributed by atoms with van der Waals surface area (Å²) in [7, 11) is 0. The molecule has 3 aliphatic heterocycles. The van der Waals surface area contributed by atoms with E-state index in [-0.39, 0.29) is 36.0 Å². The molecule has 1 fully saturated rings. The molecule has 0 aliphatic carbocycles. The van der Waals surface area contributed by atoms with Gasteiger partial charge in [-0.15, -0.1) is 12.4 Å². The lowest BCUT2D eigenvalue weighted by Gasteiger charge is -2.36. The van der Waals surface area contributed by atoms with Crippen LogP contribution in [-0.4, -0.2) is 66.9 Å². The van der Waals surface area contributed by atoms with E-state index in [4.69, 9.17) is 9.63 Å². The first kappa shape index (κ1) is 30.1. The van der Waals surface area contributed by atoms with Crippen molar-refractivity contribution in [3.63, 3.8) is 0 Å². The van der Waals surface area contributed by atoms with Gasteiger partial charge < -0.3 is 25.2 Å². The second kappa shape index (κ2) is 13.2. The zero-order chi connectivity index (χ0) is 28.9. The number of carboxylic acid groups (broad SMARTS) is 1. The first-order valence-electron chi connectivity index (χ1n) is 13.0. The third-order valence-corrected chi connectivity index (χ3v) is 6.67. The highest BCUT2D eigenvalue weighted by Gasteiger charge is 2.33. The number of pyridine rings is 2. The number of aromatic nitrogens is 4. The normalized spacial score (nSPS) is 15.9. The van der Waals surface area contributed by atoms with Gasteiger partial charge in [-0.3, -0.25) is 14.4 Å². The molecule has 0 atom stereocenters. The van der Waals surface area contributed by atoms with Crippen LogP contribution in [0.5, 0.6) is 0 Å².